The van der Waals surface area contributed by atoms with Gasteiger partial charge in [0.1, 0.15) is 10.8 Å². The van der Waals surface area contributed by atoms with Crippen LogP contribution in [0.2, 0.25) is 10.0 Å². The Hall–Kier alpha value is -1.52. The molecule has 2 aromatic heterocycles. The molecule has 0 aliphatic rings. The predicted molar refractivity (Wildman–Crippen MR) is 62.4 cm³/mol. The molecule has 0 atom stereocenters. The molecule has 0 fully saturated rings. The van der Waals surface area contributed by atoms with Crippen LogP contribution in [0.25, 0.3) is 12.3 Å². The maximum atomic E-state index is 11.6. The van der Waals surface area contributed by atoms with Crippen LogP contribution in [0.1, 0.15) is 5.76 Å². The number of halogens is 2. The molecule has 2 heterocycles. The Morgan fingerprint density at radius 2 is 2.25 bits per heavy atom. The van der Waals surface area contributed by atoms with Gasteiger partial charge in [-0.25, -0.2) is 4.68 Å². The third-order valence-corrected chi connectivity index (χ3v) is 2.57. The molecule has 16 heavy (non-hydrogen) atoms. The van der Waals surface area contributed by atoms with Crippen molar-refractivity contribution in [3.8, 4) is 0 Å². The molecule has 0 saturated heterocycles. The van der Waals surface area contributed by atoms with Crippen LogP contribution < -0.4 is 5.56 Å². The number of rotatable bonds is 2. The molecule has 0 aliphatic carbocycles. The summed E-state index contributed by atoms with van der Waals surface area (Å²) < 4.78 is 6.14. The Balaban J connectivity index is 2.36. The lowest BCUT2D eigenvalue weighted by Crippen LogP contribution is -2.18. The fourth-order valence-electron chi connectivity index (χ4n) is 1.06. The van der Waals surface area contributed by atoms with E-state index in [9.17, 15) is 4.79 Å². The molecule has 0 bridgehead atoms. The number of furan rings is 1. The lowest BCUT2D eigenvalue weighted by molar-refractivity contribution is 0.557. The van der Waals surface area contributed by atoms with Crippen LogP contribution in [0.5, 0.6) is 0 Å². The van der Waals surface area contributed by atoms with E-state index in [1.54, 1.807) is 18.2 Å². The minimum Gasteiger partial charge on any atom is -0.465 e. The molecule has 0 spiro atoms. The highest BCUT2D eigenvalue weighted by Gasteiger charge is 2.04. The van der Waals surface area contributed by atoms with Gasteiger partial charge in [0.2, 0.25) is 0 Å². The first-order valence-electron chi connectivity index (χ1n) is 4.33. The first-order valence-corrected chi connectivity index (χ1v) is 5.08. The number of hydrogen-bond donors (Lipinski definition) is 0. The highest BCUT2D eigenvalue weighted by molar-refractivity contribution is 6.41. The SMILES string of the molecule is O=c1c(Cl)c(Cl)cnn1/C=C/c1ccco1. The molecule has 0 radical (unpaired) electrons. The van der Waals surface area contributed by atoms with E-state index in [1.807, 2.05) is 0 Å². The minimum atomic E-state index is -0.475. The normalized spacial score (nSPS) is 11.1. The predicted octanol–water partition coefficient (Wildman–Crippen LogP) is 2.77. The highest BCUT2D eigenvalue weighted by Crippen LogP contribution is 2.14. The molecule has 2 rings (SSSR count). The maximum Gasteiger partial charge on any atom is 0.291 e. The van der Waals surface area contributed by atoms with Gasteiger partial charge < -0.3 is 4.42 Å². The Kier molecular flexibility index (Phi) is 3.12. The van der Waals surface area contributed by atoms with Gasteiger partial charge in [0.05, 0.1) is 17.5 Å². The van der Waals surface area contributed by atoms with Crippen molar-refractivity contribution in [2.75, 3.05) is 0 Å². The second-order valence-electron chi connectivity index (χ2n) is 2.89. The summed E-state index contributed by atoms with van der Waals surface area (Å²) in [5, 5.41) is 3.88. The average Bonchev–Trinajstić information content (AvgIpc) is 2.78. The van der Waals surface area contributed by atoms with Gasteiger partial charge in [0.15, 0.2) is 0 Å². The van der Waals surface area contributed by atoms with E-state index < -0.39 is 5.56 Å². The number of aromatic nitrogens is 2. The molecule has 4 nitrogen and oxygen atoms in total. The molecule has 82 valence electrons. The van der Waals surface area contributed by atoms with E-state index in [-0.39, 0.29) is 10.0 Å². The molecule has 0 amide bonds. The van der Waals surface area contributed by atoms with Crippen molar-refractivity contribution in [2.45, 2.75) is 0 Å². The van der Waals surface area contributed by atoms with Crippen molar-refractivity contribution >= 4 is 35.5 Å². The third kappa shape index (κ3) is 2.18. The summed E-state index contributed by atoms with van der Waals surface area (Å²) >= 11 is 11.3. The monoisotopic (exact) mass is 256 g/mol. The van der Waals surface area contributed by atoms with Crippen molar-refractivity contribution < 1.29 is 4.42 Å². The molecule has 0 aliphatic heterocycles. The first kappa shape index (κ1) is 11.0. The van der Waals surface area contributed by atoms with E-state index in [1.165, 1.54) is 18.7 Å². The van der Waals surface area contributed by atoms with Gasteiger partial charge >= 0.3 is 0 Å². The largest absolute Gasteiger partial charge is 0.465 e. The lowest BCUT2D eigenvalue weighted by atomic mass is 10.4. The van der Waals surface area contributed by atoms with Crippen molar-refractivity contribution in [2.24, 2.45) is 0 Å². The molecular weight excluding hydrogens is 251 g/mol. The van der Waals surface area contributed by atoms with Crippen LogP contribution in [-0.4, -0.2) is 9.78 Å². The van der Waals surface area contributed by atoms with Gasteiger partial charge in [-0.2, -0.15) is 5.10 Å². The van der Waals surface area contributed by atoms with Gasteiger partial charge in [-0.1, -0.05) is 23.2 Å². The highest BCUT2D eigenvalue weighted by atomic mass is 35.5. The fraction of sp³-hybridized carbons (Fsp3) is 0. The Bertz CT molecular complexity index is 573. The third-order valence-electron chi connectivity index (χ3n) is 1.82. The van der Waals surface area contributed by atoms with Crippen LogP contribution in [0.3, 0.4) is 0 Å². The summed E-state index contributed by atoms with van der Waals surface area (Å²) in [5.41, 5.74) is -0.475. The molecular formula is C10H6Cl2N2O2. The molecule has 0 aromatic carbocycles. The Morgan fingerprint density at radius 3 is 2.94 bits per heavy atom. The summed E-state index contributed by atoms with van der Waals surface area (Å²) in [6.45, 7) is 0. The average molecular weight is 257 g/mol. The van der Waals surface area contributed by atoms with E-state index in [0.717, 1.165) is 4.68 Å². The lowest BCUT2D eigenvalue weighted by Gasteiger charge is -1.98. The van der Waals surface area contributed by atoms with Gasteiger partial charge in [-0.05, 0) is 18.2 Å². The van der Waals surface area contributed by atoms with Crippen molar-refractivity contribution in [3.05, 3.63) is 50.8 Å². The summed E-state index contributed by atoms with van der Waals surface area (Å²) in [6, 6.07) is 3.49. The van der Waals surface area contributed by atoms with E-state index >= 15 is 0 Å². The molecule has 0 saturated carbocycles. The second kappa shape index (κ2) is 4.55. The van der Waals surface area contributed by atoms with Crippen molar-refractivity contribution in [1.82, 2.24) is 9.78 Å². The van der Waals surface area contributed by atoms with Crippen LogP contribution in [0, 0.1) is 0 Å². The van der Waals surface area contributed by atoms with Crippen molar-refractivity contribution in [3.63, 3.8) is 0 Å². The Morgan fingerprint density at radius 1 is 1.44 bits per heavy atom. The van der Waals surface area contributed by atoms with Crippen LogP contribution >= 0.6 is 23.2 Å². The smallest absolute Gasteiger partial charge is 0.291 e. The molecule has 0 N–H and O–H groups in total. The zero-order valence-corrected chi connectivity index (χ0v) is 9.44. The van der Waals surface area contributed by atoms with Gasteiger partial charge in [-0.15, -0.1) is 0 Å². The van der Waals surface area contributed by atoms with Gasteiger partial charge in [-0.3, -0.25) is 4.79 Å². The van der Waals surface area contributed by atoms with E-state index in [0.29, 0.717) is 5.76 Å². The van der Waals surface area contributed by atoms with Crippen LogP contribution in [0.15, 0.2) is 33.8 Å². The summed E-state index contributed by atoms with van der Waals surface area (Å²) in [6.07, 6.45) is 5.88. The second-order valence-corrected chi connectivity index (χ2v) is 3.67. The summed E-state index contributed by atoms with van der Waals surface area (Å²) in [5.74, 6) is 0.611. The standard InChI is InChI=1S/C10H6Cl2N2O2/c11-8-6-13-14(10(15)9(8)12)4-3-7-2-1-5-16-7/h1-6H/b4-3+. The van der Waals surface area contributed by atoms with Gasteiger partial charge in [0.25, 0.3) is 5.56 Å². The van der Waals surface area contributed by atoms with Gasteiger partial charge in [0, 0.05) is 6.20 Å². The topological polar surface area (TPSA) is 48.0 Å². The molecule has 0 unspecified atom stereocenters. The summed E-state index contributed by atoms with van der Waals surface area (Å²) in [7, 11) is 0. The first-order chi connectivity index (χ1) is 7.68. The van der Waals surface area contributed by atoms with Crippen molar-refractivity contribution in [1.29, 1.82) is 0 Å². The van der Waals surface area contributed by atoms with E-state index in [4.69, 9.17) is 27.6 Å². The number of nitrogens with zero attached hydrogens (tertiary/aromatic N) is 2. The number of hydrogen-bond acceptors (Lipinski definition) is 3. The summed E-state index contributed by atoms with van der Waals surface area (Å²) in [4.78, 5) is 11.6. The fourth-order valence-corrected chi connectivity index (χ4v) is 1.32. The quantitative estimate of drug-likeness (QED) is 0.831. The Labute approximate surface area is 101 Å². The molecule has 2 aromatic rings. The zero-order chi connectivity index (χ0) is 11.5. The molecule has 6 heteroatoms. The van der Waals surface area contributed by atoms with E-state index in [2.05, 4.69) is 5.10 Å². The minimum absolute atomic E-state index is 0.0549. The van der Waals surface area contributed by atoms with Crippen LogP contribution in [-0.2, 0) is 0 Å². The van der Waals surface area contributed by atoms with Crippen LogP contribution in [0.4, 0.5) is 0 Å². The zero-order valence-electron chi connectivity index (χ0n) is 7.93. The maximum absolute atomic E-state index is 11.6.